The first-order chi connectivity index (χ1) is 15.4. The maximum Gasteiger partial charge on any atom is 0.280 e. The van der Waals surface area contributed by atoms with Crippen LogP contribution in [-0.4, -0.2) is 56.5 Å². The monoisotopic (exact) mass is 479 g/mol. The lowest BCUT2D eigenvalue weighted by Gasteiger charge is -2.34. The van der Waals surface area contributed by atoms with Crippen molar-refractivity contribution in [1.82, 2.24) is 24.4 Å². The molecule has 1 aromatic carbocycles. The summed E-state index contributed by atoms with van der Waals surface area (Å²) >= 11 is 12.5. The number of piperazine rings is 1. The van der Waals surface area contributed by atoms with Crippen LogP contribution in [0.15, 0.2) is 30.3 Å². The molecule has 6 nitrogen and oxygen atoms in total. The van der Waals surface area contributed by atoms with Crippen molar-refractivity contribution in [3.05, 3.63) is 63.0 Å². The molecule has 5 rings (SSSR count). The van der Waals surface area contributed by atoms with E-state index in [4.69, 9.17) is 23.2 Å². The lowest BCUT2D eigenvalue weighted by molar-refractivity contribution is 0.0622. The van der Waals surface area contributed by atoms with Crippen LogP contribution in [0, 0.1) is 0 Å². The lowest BCUT2D eigenvalue weighted by Crippen LogP contribution is -2.48. The molecule has 1 amide bonds. The fraction of sp³-hybridized carbons (Fsp3) is 0.409. The number of carbonyl (C=O) groups is 1. The zero-order chi connectivity index (χ0) is 22.4. The summed E-state index contributed by atoms with van der Waals surface area (Å²) in [6.07, 6.45) is -0.786. The molecule has 3 heterocycles. The quantitative estimate of drug-likeness (QED) is 0.526. The molecule has 2 aromatic heterocycles. The molecule has 2 fully saturated rings. The topological polar surface area (TPSA) is 53.7 Å². The highest BCUT2D eigenvalue weighted by molar-refractivity contribution is 6.35. The molecule has 0 N–H and O–H groups in total. The highest BCUT2D eigenvalue weighted by Crippen LogP contribution is 2.40. The Kier molecular flexibility index (Phi) is 5.77. The third-order valence-electron chi connectivity index (χ3n) is 6.02. The van der Waals surface area contributed by atoms with Gasteiger partial charge in [0.15, 0.2) is 11.3 Å². The van der Waals surface area contributed by atoms with Crippen LogP contribution >= 0.6 is 23.2 Å². The first kappa shape index (κ1) is 21.6. The van der Waals surface area contributed by atoms with Gasteiger partial charge in [0.1, 0.15) is 5.69 Å². The van der Waals surface area contributed by atoms with Gasteiger partial charge in [0, 0.05) is 66.0 Å². The van der Waals surface area contributed by atoms with Crippen LogP contribution in [-0.2, 0) is 6.54 Å². The van der Waals surface area contributed by atoms with Gasteiger partial charge >= 0.3 is 0 Å². The van der Waals surface area contributed by atoms with E-state index < -0.39 is 6.43 Å². The third kappa shape index (κ3) is 4.19. The fourth-order valence-corrected chi connectivity index (χ4v) is 4.56. The number of halogens is 4. The Morgan fingerprint density at radius 1 is 1.09 bits per heavy atom. The number of aromatic nitrogens is 3. The Labute approximate surface area is 193 Å². The normalized spacial score (nSPS) is 17.5. The highest BCUT2D eigenvalue weighted by atomic mass is 35.5. The zero-order valence-corrected chi connectivity index (χ0v) is 18.7. The minimum Gasteiger partial charge on any atom is -0.335 e. The van der Waals surface area contributed by atoms with Crippen LogP contribution in [0.1, 0.15) is 52.6 Å². The number of hydrogen-bond donors (Lipinski definition) is 0. The second kappa shape index (κ2) is 8.57. The molecule has 1 saturated heterocycles. The summed E-state index contributed by atoms with van der Waals surface area (Å²) in [5, 5.41) is 5.41. The van der Waals surface area contributed by atoms with Gasteiger partial charge in [-0.2, -0.15) is 5.10 Å². The number of hydrogen-bond acceptors (Lipinski definition) is 4. The molecule has 3 aromatic rings. The second-order valence-corrected chi connectivity index (χ2v) is 9.06. The van der Waals surface area contributed by atoms with Crippen molar-refractivity contribution in [2.45, 2.75) is 31.7 Å². The number of rotatable bonds is 5. The predicted octanol–water partition coefficient (Wildman–Crippen LogP) is 4.81. The molecule has 1 aliphatic heterocycles. The van der Waals surface area contributed by atoms with Crippen LogP contribution in [0.5, 0.6) is 0 Å². The van der Waals surface area contributed by atoms with Crippen LogP contribution in [0.3, 0.4) is 0 Å². The number of nitrogens with zero attached hydrogens (tertiary/aromatic N) is 5. The van der Waals surface area contributed by atoms with E-state index in [0.717, 1.165) is 22.9 Å². The lowest BCUT2D eigenvalue weighted by atomic mass is 10.2. The number of amides is 1. The average molecular weight is 480 g/mol. The second-order valence-electron chi connectivity index (χ2n) is 8.25. The fourth-order valence-electron chi connectivity index (χ4n) is 4.04. The number of alkyl halides is 2. The summed E-state index contributed by atoms with van der Waals surface area (Å²) in [4.78, 5) is 21.4. The SMILES string of the molecule is O=C(c1cc2nc(C3CC3)cc(C(F)F)n2n1)N1CCN(Cc2c(Cl)cccc2Cl)CC1. The molecule has 0 spiro atoms. The Hall–Kier alpha value is -2.29. The minimum atomic E-state index is -2.69. The van der Waals surface area contributed by atoms with Crippen LogP contribution < -0.4 is 0 Å². The van der Waals surface area contributed by atoms with E-state index in [-0.39, 0.29) is 23.2 Å². The van der Waals surface area contributed by atoms with E-state index in [1.165, 1.54) is 12.1 Å². The van der Waals surface area contributed by atoms with E-state index in [1.807, 2.05) is 18.2 Å². The molecule has 1 aliphatic carbocycles. The van der Waals surface area contributed by atoms with Gasteiger partial charge in [-0.1, -0.05) is 29.3 Å². The standard InChI is InChI=1S/C22H21Cl2F2N5O/c23-15-2-1-3-16(24)14(15)12-29-6-8-30(9-7-29)22(32)18-11-20-27-17(13-4-5-13)10-19(21(25)26)31(20)28-18/h1-3,10-11,13,21H,4-9,12H2. The van der Waals surface area contributed by atoms with Gasteiger partial charge in [0.25, 0.3) is 12.3 Å². The van der Waals surface area contributed by atoms with Gasteiger partial charge < -0.3 is 4.90 Å². The zero-order valence-electron chi connectivity index (χ0n) is 17.1. The van der Waals surface area contributed by atoms with Gasteiger partial charge in [0.2, 0.25) is 0 Å². The first-order valence-corrected chi connectivity index (χ1v) is 11.3. The Morgan fingerprint density at radius 3 is 2.41 bits per heavy atom. The van der Waals surface area contributed by atoms with Crippen molar-refractivity contribution in [2.24, 2.45) is 0 Å². The minimum absolute atomic E-state index is 0.134. The molecule has 0 unspecified atom stereocenters. The first-order valence-electron chi connectivity index (χ1n) is 10.5. The maximum atomic E-state index is 13.6. The molecule has 32 heavy (non-hydrogen) atoms. The van der Waals surface area contributed by atoms with E-state index in [2.05, 4.69) is 15.0 Å². The Morgan fingerprint density at radius 2 is 1.78 bits per heavy atom. The van der Waals surface area contributed by atoms with E-state index in [1.54, 1.807) is 4.90 Å². The van der Waals surface area contributed by atoms with Crippen molar-refractivity contribution in [3.8, 4) is 0 Å². The Bertz CT molecular complexity index is 1150. The predicted molar refractivity (Wildman–Crippen MR) is 118 cm³/mol. The molecule has 0 bridgehead atoms. The maximum absolute atomic E-state index is 13.6. The number of carbonyl (C=O) groups excluding carboxylic acids is 1. The molecule has 1 saturated carbocycles. The van der Waals surface area contributed by atoms with Gasteiger partial charge in [-0.05, 0) is 31.0 Å². The molecule has 10 heteroatoms. The average Bonchev–Trinajstić information content (AvgIpc) is 3.54. The molecular weight excluding hydrogens is 459 g/mol. The van der Waals surface area contributed by atoms with Crippen molar-refractivity contribution in [3.63, 3.8) is 0 Å². The van der Waals surface area contributed by atoms with E-state index in [0.29, 0.717) is 54.1 Å². The van der Waals surface area contributed by atoms with E-state index in [9.17, 15) is 13.6 Å². The van der Waals surface area contributed by atoms with Crippen LogP contribution in [0.2, 0.25) is 10.0 Å². The third-order valence-corrected chi connectivity index (χ3v) is 6.72. The largest absolute Gasteiger partial charge is 0.335 e. The summed E-state index contributed by atoms with van der Waals surface area (Å²) in [5.74, 6) is -0.0506. The van der Waals surface area contributed by atoms with Gasteiger partial charge in [-0.15, -0.1) is 0 Å². The van der Waals surface area contributed by atoms with Gasteiger partial charge in [0.05, 0.1) is 0 Å². The summed E-state index contributed by atoms with van der Waals surface area (Å²) in [7, 11) is 0. The number of benzene rings is 1. The van der Waals surface area contributed by atoms with Crippen LogP contribution in [0.25, 0.3) is 5.65 Å². The summed E-state index contributed by atoms with van der Waals surface area (Å²) in [5.41, 5.74) is 1.72. The van der Waals surface area contributed by atoms with Gasteiger partial charge in [-0.25, -0.2) is 18.3 Å². The van der Waals surface area contributed by atoms with Crippen molar-refractivity contribution in [2.75, 3.05) is 26.2 Å². The summed E-state index contributed by atoms with van der Waals surface area (Å²) in [6.45, 7) is 2.88. The van der Waals surface area contributed by atoms with Crippen molar-refractivity contribution >= 4 is 34.8 Å². The molecule has 0 radical (unpaired) electrons. The highest BCUT2D eigenvalue weighted by Gasteiger charge is 2.30. The molecule has 0 atom stereocenters. The van der Waals surface area contributed by atoms with Gasteiger partial charge in [-0.3, -0.25) is 9.69 Å². The van der Waals surface area contributed by atoms with E-state index >= 15 is 0 Å². The summed E-state index contributed by atoms with van der Waals surface area (Å²) < 4.78 is 28.3. The Balaban J connectivity index is 1.30. The number of fused-ring (bicyclic) bond motifs is 1. The summed E-state index contributed by atoms with van der Waals surface area (Å²) in [6, 6.07) is 8.34. The van der Waals surface area contributed by atoms with Crippen LogP contribution in [0.4, 0.5) is 8.78 Å². The molecular formula is C22H21Cl2F2N5O. The van der Waals surface area contributed by atoms with Crippen molar-refractivity contribution < 1.29 is 13.6 Å². The smallest absolute Gasteiger partial charge is 0.280 e. The molecule has 2 aliphatic rings. The molecule has 168 valence electrons. The van der Waals surface area contributed by atoms with Crippen molar-refractivity contribution in [1.29, 1.82) is 0 Å².